The zero-order chi connectivity index (χ0) is 13.9. The molecule has 110 valence electrons. The summed E-state index contributed by atoms with van der Waals surface area (Å²) >= 11 is 0. The number of hydrogen-bond acceptors (Lipinski definition) is 1. The van der Waals surface area contributed by atoms with Gasteiger partial charge in [0.15, 0.2) is 0 Å². The summed E-state index contributed by atoms with van der Waals surface area (Å²) in [7, 11) is 0. The quantitative estimate of drug-likeness (QED) is 0.806. The monoisotopic (exact) mass is 279 g/mol. The molecule has 0 radical (unpaired) electrons. The van der Waals surface area contributed by atoms with Crippen molar-refractivity contribution in [1.29, 1.82) is 0 Å². The number of hydrogen-bond donors (Lipinski definition) is 1. The first-order valence-electron chi connectivity index (χ1n) is 7.92. The third kappa shape index (κ3) is 3.38. The van der Waals surface area contributed by atoms with E-state index in [1.807, 2.05) is 0 Å². The molecule has 0 bridgehead atoms. The molecule has 2 fully saturated rings. The van der Waals surface area contributed by atoms with Gasteiger partial charge in [0.05, 0.1) is 0 Å². The molecule has 3 rings (SSSR count). The second kappa shape index (κ2) is 6.21. The predicted octanol–water partition coefficient (Wildman–Crippen LogP) is 4.38. The smallest absolute Gasteiger partial charge is 0.126 e. The van der Waals surface area contributed by atoms with Gasteiger partial charge in [0.1, 0.15) is 11.6 Å². The maximum Gasteiger partial charge on any atom is 0.126 e. The van der Waals surface area contributed by atoms with Gasteiger partial charge in [0.2, 0.25) is 0 Å². The molecule has 3 heteroatoms. The van der Waals surface area contributed by atoms with Crippen LogP contribution in [0.5, 0.6) is 0 Å². The molecule has 1 nitrogen and oxygen atoms in total. The van der Waals surface area contributed by atoms with Crippen molar-refractivity contribution in [3.63, 3.8) is 0 Å². The summed E-state index contributed by atoms with van der Waals surface area (Å²) < 4.78 is 27.6. The van der Waals surface area contributed by atoms with E-state index in [1.165, 1.54) is 43.9 Å². The lowest BCUT2D eigenvalue weighted by Gasteiger charge is -2.26. The van der Waals surface area contributed by atoms with E-state index in [2.05, 4.69) is 5.32 Å². The molecule has 0 amide bonds. The van der Waals surface area contributed by atoms with E-state index < -0.39 is 0 Å². The Balaban J connectivity index is 1.78. The summed E-state index contributed by atoms with van der Waals surface area (Å²) in [4.78, 5) is 0. The maximum absolute atomic E-state index is 14.1. The zero-order valence-corrected chi connectivity index (χ0v) is 11.9. The molecule has 2 aliphatic rings. The van der Waals surface area contributed by atoms with Gasteiger partial charge >= 0.3 is 0 Å². The standard InChI is InChI=1S/C17H23F2N/c18-13-6-9-17(19)16(10-13)15-5-3-1-2-4-12(15)11-20-14-7-8-14/h6,9-10,12,14-15,20H,1-5,7-8,11H2. The van der Waals surface area contributed by atoms with Crippen molar-refractivity contribution in [2.45, 2.75) is 56.9 Å². The normalized spacial score (nSPS) is 27.3. The van der Waals surface area contributed by atoms with Crippen LogP contribution in [0, 0.1) is 17.6 Å². The Hall–Kier alpha value is -0.960. The topological polar surface area (TPSA) is 12.0 Å². The minimum absolute atomic E-state index is 0.166. The fraction of sp³-hybridized carbons (Fsp3) is 0.647. The molecule has 0 saturated heterocycles. The summed E-state index contributed by atoms with van der Waals surface area (Å²) in [5.41, 5.74) is 0.592. The van der Waals surface area contributed by atoms with Crippen molar-refractivity contribution in [1.82, 2.24) is 5.32 Å². The molecule has 0 aliphatic heterocycles. The van der Waals surface area contributed by atoms with Gasteiger partial charge in [0.25, 0.3) is 0 Å². The van der Waals surface area contributed by atoms with Gasteiger partial charge in [-0.1, -0.05) is 19.3 Å². The second-order valence-corrected chi connectivity index (χ2v) is 6.35. The van der Waals surface area contributed by atoms with E-state index in [4.69, 9.17) is 0 Å². The molecule has 2 aliphatic carbocycles. The van der Waals surface area contributed by atoms with Gasteiger partial charge < -0.3 is 5.32 Å². The Bertz CT molecular complexity index is 456. The van der Waals surface area contributed by atoms with Crippen molar-refractivity contribution in [3.05, 3.63) is 35.4 Å². The number of halogens is 2. The molecule has 1 aromatic carbocycles. The van der Waals surface area contributed by atoms with Crippen LogP contribution in [0.3, 0.4) is 0 Å². The van der Waals surface area contributed by atoms with Crippen molar-refractivity contribution >= 4 is 0 Å². The van der Waals surface area contributed by atoms with E-state index in [-0.39, 0.29) is 17.6 Å². The summed E-state index contributed by atoms with van der Waals surface area (Å²) in [5.74, 6) is 0.0446. The van der Waals surface area contributed by atoms with E-state index in [1.54, 1.807) is 0 Å². The van der Waals surface area contributed by atoms with Crippen molar-refractivity contribution < 1.29 is 8.78 Å². The lowest BCUT2D eigenvalue weighted by molar-refractivity contribution is 0.364. The Morgan fingerprint density at radius 2 is 1.80 bits per heavy atom. The maximum atomic E-state index is 14.1. The highest BCUT2D eigenvalue weighted by atomic mass is 19.1. The number of rotatable bonds is 4. The largest absolute Gasteiger partial charge is 0.314 e. The summed E-state index contributed by atoms with van der Waals surface area (Å²) in [6.07, 6.45) is 8.20. The van der Waals surface area contributed by atoms with E-state index >= 15 is 0 Å². The minimum Gasteiger partial charge on any atom is -0.314 e. The van der Waals surface area contributed by atoms with Gasteiger partial charge in [-0.3, -0.25) is 0 Å². The lowest BCUT2D eigenvalue weighted by Crippen LogP contribution is -2.28. The van der Waals surface area contributed by atoms with Gasteiger partial charge in [-0.05, 0) is 67.8 Å². The van der Waals surface area contributed by atoms with Crippen LogP contribution in [0.4, 0.5) is 8.78 Å². The number of nitrogens with one attached hydrogen (secondary N) is 1. The molecule has 0 heterocycles. The zero-order valence-electron chi connectivity index (χ0n) is 11.9. The highest BCUT2D eigenvalue weighted by molar-refractivity contribution is 5.24. The fourth-order valence-corrected chi connectivity index (χ4v) is 3.44. The van der Waals surface area contributed by atoms with Gasteiger partial charge in [0, 0.05) is 6.04 Å². The van der Waals surface area contributed by atoms with E-state index in [9.17, 15) is 8.78 Å². The van der Waals surface area contributed by atoms with E-state index in [0.29, 0.717) is 17.5 Å². The van der Waals surface area contributed by atoms with Crippen LogP contribution >= 0.6 is 0 Å². The number of benzene rings is 1. The van der Waals surface area contributed by atoms with Gasteiger partial charge in [-0.25, -0.2) is 8.78 Å². The van der Waals surface area contributed by atoms with Crippen LogP contribution in [0.2, 0.25) is 0 Å². The molecule has 1 aromatic rings. The molecule has 2 atom stereocenters. The van der Waals surface area contributed by atoms with Gasteiger partial charge in [-0.15, -0.1) is 0 Å². The van der Waals surface area contributed by atoms with Crippen LogP contribution in [0.1, 0.15) is 56.4 Å². The average Bonchev–Trinajstić information content (AvgIpc) is 3.25. The van der Waals surface area contributed by atoms with Crippen LogP contribution < -0.4 is 5.32 Å². The van der Waals surface area contributed by atoms with Crippen molar-refractivity contribution in [2.24, 2.45) is 5.92 Å². The Morgan fingerprint density at radius 3 is 2.60 bits per heavy atom. The van der Waals surface area contributed by atoms with Crippen LogP contribution in [0.15, 0.2) is 18.2 Å². The molecule has 0 aromatic heterocycles. The summed E-state index contributed by atoms with van der Waals surface area (Å²) in [5, 5.41) is 3.57. The highest BCUT2D eigenvalue weighted by Gasteiger charge is 2.29. The van der Waals surface area contributed by atoms with Gasteiger partial charge in [-0.2, -0.15) is 0 Å². The van der Waals surface area contributed by atoms with Crippen LogP contribution in [0.25, 0.3) is 0 Å². The third-order valence-corrected chi connectivity index (χ3v) is 4.76. The summed E-state index contributed by atoms with van der Waals surface area (Å²) in [6.45, 7) is 0.950. The average molecular weight is 279 g/mol. The highest BCUT2D eigenvalue weighted by Crippen LogP contribution is 2.38. The third-order valence-electron chi connectivity index (χ3n) is 4.76. The van der Waals surface area contributed by atoms with Crippen LogP contribution in [-0.4, -0.2) is 12.6 Å². The Morgan fingerprint density at radius 1 is 1.00 bits per heavy atom. The minimum atomic E-state index is -0.320. The fourth-order valence-electron chi connectivity index (χ4n) is 3.44. The van der Waals surface area contributed by atoms with E-state index in [0.717, 1.165) is 25.8 Å². The van der Waals surface area contributed by atoms with Crippen molar-refractivity contribution in [2.75, 3.05) is 6.54 Å². The molecule has 2 saturated carbocycles. The first-order valence-corrected chi connectivity index (χ1v) is 7.92. The molecule has 20 heavy (non-hydrogen) atoms. The first kappa shape index (κ1) is 14.0. The lowest BCUT2D eigenvalue weighted by atomic mass is 9.82. The molecular weight excluding hydrogens is 256 g/mol. The van der Waals surface area contributed by atoms with Crippen molar-refractivity contribution in [3.8, 4) is 0 Å². The molecule has 0 spiro atoms. The molecule has 1 N–H and O–H groups in total. The summed E-state index contributed by atoms with van der Waals surface area (Å²) in [6, 6.07) is 4.58. The molecular formula is C17H23F2N. The second-order valence-electron chi connectivity index (χ2n) is 6.35. The molecule has 2 unspecified atom stereocenters. The Labute approximate surface area is 119 Å². The first-order chi connectivity index (χ1) is 9.74. The SMILES string of the molecule is Fc1ccc(F)c(C2CCCCCC2CNC2CC2)c1. The predicted molar refractivity (Wildman–Crippen MR) is 76.7 cm³/mol. The van der Waals surface area contributed by atoms with Crippen LogP contribution in [-0.2, 0) is 0 Å². The Kier molecular flexibility index (Phi) is 4.35.